The largest absolute Gasteiger partial charge is 0.487 e. The number of benzene rings is 2. The Labute approximate surface area is 239 Å². The summed E-state index contributed by atoms with van der Waals surface area (Å²) < 4.78 is 12.0. The predicted molar refractivity (Wildman–Crippen MR) is 159 cm³/mol. The van der Waals surface area contributed by atoms with Gasteiger partial charge in [0.2, 0.25) is 0 Å². The Balaban J connectivity index is 1.61. The van der Waals surface area contributed by atoms with Crippen LogP contribution in [0.15, 0.2) is 48.6 Å². The molecular formula is C33H44ClNO4. The number of hydrogen-bond acceptors (Lipinski definition) is 5. The van der Waals surface area contributed by atoms with Gasteiger partial charge in [0.15, 0.2) is 0 Å². The maximum atomic E-state index is 12.9. The Morgan fingerprint density at radius 1 is 1.18 bits per heavy atom. The molecule has 0 saturated heterocycles. The van der Waals surface area contributed by atoms with Gasteiger partial charge in [0, 0.05) is 18.1 Å². The van der Waals surface area contributed by atoms with Crippen molar-refractivity contribution in [3.8, 4) is 5.75 Å². The first-order valence-corrected chi connectivity index (χ1v) is 15.0. The first-order chi connectivity index (χ1) is 18.9. The summed E-state index contributed by atoms with van der Waals surface area (Å²) >= 11 is 6.31. The fourth-order valence-corrected chi connectivity index (χ4v) is 5.68. The zero-order chi connectivity index (χ0) is 27.8. The van der Waals surface area contributed by atoms with E-state index in [2.05, 4.69) is 30.0 Å². The fraction of sp³-hybridized carbons (Fsp3) is 0.545. The van der Waals surface area contributed by atoms with Crippen LogP contribution in [-0.2, 0) is 17.8 Å². The van der Waals surface area contributed by atoms with E-state index in [0.29, 0.717) is 24.7 Å². The molecule has 212 valence electrons. The van der Waals surface area contributed by atoms with Crippen LogP contribution in [0.1, 0.15) is 80.8 Å². The number of allylic oxidation sites excluding steroid dienone is 1. The van der Waals surface area contributed by atoms with Crippen LogP contribution in [0.3, 0.4) is 0 Å². The second-order valence-electron chi connectivity index (χ2n) is 11.5. The van der Waals surface area contributed by atoms with Crippen LogP contribution in [0.2, 0.25) is 5.02 Å². The smallest absolute Gasteiger partial charge is 0.338 e. The van der Waals surface area contributed by atoms with Crippen molar-refractivity contribution in [3.05, 3.63) is 70.3 Å². The van der Waals surface area contributed by atoms with Crippen molar-refractivity contribution in [2.45, 2.75) is 78.4 Å². The molecular weight excluding hydrogens is 510 g/mol. The first kappa shape index (κ1) is 29.5. The highest BCUT2D eigenvalue weighted by Gasteiger charge is 2.36. The topological polar surface area (TPSA) is 59.0 Å². The molecule has 2 aliphatic rings. The van der Waals surface area contributed by atoms with Gasteiger partial charge in [0.1, 0.15) is 12.4 Å². The van der Waals surface area contributed by atoms with E-state index < -0.39 is 6.10 Å². The van der Waals surface area contributed by atoms with Crippen LogP contribution in [0.25, 0.3) is 0 Å². The van der Waals surface area contributed by atoms with E-state index in [-0.39, 0.29) is 17.8 Å². The highest BCUT2D eigenvalue weighted by molar-refractivity contribution is 6.30. The number of fused-ring (bicyclic) bond motifs is 2. The lowest BCUT2D eigenvalue weighted by molar-refractivity contribution is 0.0459. The minimum Gasteiger partial charge on any atom is -0.487 e. The average molecular weight is 554 g/mol. The number of unbranched alkanes of at least 4 members (excludes halogenated alkanes) is 1. The molecule has 0 unspecified atom stereocenters. The normalized spacial score (nSPS) is 20.4. The number of carbonyl (C=O) groups is 1. The second-order valence-corrected chi connectivity index (χ2v) is 11.9. The van der Waals surface area contributed by atoms with Crippen LogP contribution < -0.4 is 9.64 Å². The standard InChI is InChI=1S/C33H44ClNO4/c1-4-5-6-10-31(36)29-15-12-26(29)20-35-17-8-7-9-24-18-28(34)14-11-27(24)22-38-32-16-13-25(19-30(32)35)33(37)39-21-23(2)3/h6,10-11,13-14,16,18-19,23,26,29,31,36H,4-5,7-9,12,15,17,20-22H2,1-3H3/b10-6+/t26-,29+,31+/m0/s1. The molecule has 4 rings (SSSR count). The average Bonchev–Trinajstić information content (AvgIpc) is 2.93. The van der Waals surface area contributed by atoms with E-state index in [1.165, 1.54) is 5.56 Å². The summed E-state index contributed by atoms with van der Waals surface area (Å²) in [5.74, 6) is 1.37. The van der Waals surface area contributed by atoms with Crippen molar-refractivity contribution >= 4 is 23.3 Å². The van der Waals surface area contributed by atoms with Gasteiger partial charge in [-0.15, -0.1) is 0 Å². The number of rotatable bonds is 9. The van der Waals surface area contributed by atoms with Gasteiger partial charge < -0.3 is 19.5 Å². The number of hydrogen-bond donors (Lipinski definition) is 1. The number of carbonyl (C=O) groups excluding carboxylic acids is 1. The van der Waals surface area contributed by atoms with Gasteiger partial charge in [-0.05, 0) is 97.7 Å². The number of aryl methyl sites for hydroxylation is 1. The Bertz CT molecular complexity index is 1130. The Kier molecular flexibility index (Phi) is 10.8. The highest BCUT2D eigenvalue weighted by Crippen LogP contribution is 2.41. The summed E-state index contributed by atoms with van der Waals surface area (Å²) in [7, 11) is 0. The Morgan fingerprint density at radius 3 is 2.77 bits per heavy atom. The van der Waals surface area contributed by atoms with Gasteiger partial charge in [-0.25, -0.2) is 4.79 Å². The highest BCUT2D eigenvalue weighted by atomic mass is 35.5. The molecule has 5 nitrogen and oxygen atoms in total. The molecule has 1 heterocycles. The van der Waals surface area contributed by atoms with E-state index in [1.807, 2.05) is 38.1 Å². The summed E-state index contributed by atoms with van der Waals surface area (Å²) in [6.07, 6.45) is 10.9. The minimum absolute atomic E-state index is 0.256. The van der Waals surface area contributed by atoms with Gasteiger partial charge in [-0.2, -0.15) is 0 Å². The molecule has 1 saturated carbocycles. The van der Waals surface area contributed by atoms with E-state index >= 15 is 0 Å². The zero-order valence-corrected chi connectivity index (χ0v) is 24.5. The molecule has 0 spiro atoms. The third-order valence-electron chi connectivity index (χ3n) is 7.92. The molecule has 1 aliphatic carbocycles. The molecule has 2 aromatic rings. The predicted octanol–water partition coefficient (Wildman–Crippen LogP) is 7.62. The minimum atomic E-state index is -0.411. The van der Waals surface area contributed by atoms with E-state index in [9.17, 15) is 9.90 Å². The molecule has 0 bridgehead atoms. The van der Waals surface area contributed by atoms with Crippen molar-refractivity contribution in [1.82, 2.24) is 0 Å². The molecule has 6 heteroatoms. The van der Waals surface area contributed by atoms with Crippen molar-refractivity contribution in [1.29, 1.82) is 0 Å². The molecule has 3 atom stereocenters. The van der Waals surface area contributed by atoms with E-state index in [0.717, 1.165) is 80.1 Å². The van der Waals surface area contributed by atoms with Crippen molar-refractivity contribution in [2.75, 3.05) is 24.6 Å². The van der Waals surface area contributed by atoms with Crippen LogP contribution in [0.5, 0.6) is 5.75 Å². The lowest BCUT2D eigenvalue weighted by atomic mass is 9.70. The monoisotopic (exact) mass is 553 g/mol. The summed E-state index contributed by atoms with van der Waals surface area (Å²) in [5.41, 5.74) is 3.83. The van der Waals surface area contributed by atoms with Crippen LogP contribution in [0, 0.1) is 17.8 Å². The number of ether oxygens (including phenoxy) is 2. The molecule has 0 radical (unpaired) electrons. The summed E-state index contributed by atoms with van der Waals surface area (Å²) in [6.45, 7) is 8.72. The maximum absolute atomic E-state index is 12.9. The summed E-state index contributed by atoms with van der Waals surface area (Å²) in [5, 5.41) is 11.6. The number of halogens is 1. The number of esters is 1. The molecule has 0 aromatic heterocycles. The number of aliphatic hydroxyl groups excluding tert-OH is 1. The third kappa shape index (κ3) is 8.02. The van der Waals surface area contributed by atoms with Crippen LogP contribution >= 0.6 is 11.6 Å². The molecule has 2 aromatic carbocycles. The third-order valence-corrected chi connectivity index (χ3v) is 8.15. The quantitative estimate of drug-likeness (QED) is 0.256. The molecule has 0 amide bonds. The molecule has 1 fully saturated rings. The second kappa shape index (κ2) is 14.2. The number of nitrogens with zero attached hydrogens (tertiary/aromatic N) is 1. The van der Waals surface area contributed by atoms with Gasteiger partial charge in [-0.1, -0.05) is 57.0 Å². The summed E-state index contributed by atoms with van der Waals surface area (Å²) in [6, 6.07) is 11.7. The van der Waals surface area contributed by atoms with Gasteiger partial charge in [0.25, 0.3) is 0 Å². The van der Waals surface area contributed by atoms with Gasteiger partial charge >= 0.3 is 5.97 Å². The molecule has 1 N–H and O–H groups in total. The maximum Gasteiger partial charge on any atom is 0.338 e. The SMILES string of the molecule is CCC/C=C/[C@@H](O)[C@@H]1CC[C@H]1CN1CCCCc2cc(Cl)ccc2COc2ccc(C(=O)OCC(C)C)cc21. The molecule has 39 heavy (non-hydrogen) atoms. The molecule has 1 aliphatic heterocycles. The number of anilines is 1. The summed E-state index contributed by atoms with van der Waals surface area (Å²) in [4.78, 5) is 15.3. The first-order valence-electron chi connectivity index (χ1n) is 14.7. The van der Waals surface area contributed by atoms with Crippen LogP contribution in [0.4, 0.5) is 5.69 Å². The van der Waals surface area contributed by atoms with Crippen molar-refractivity contribution in [2.24, 2.45) is 17.8 Å². The van der Waals surface area contributed by atoms with Crippen LogP contribution in [-0.4, -0.2) is 36.9 Å². The van der Waals surface area contributed by atoms with E-state index in [1.54, 1.807) is 6.07 Å². The zero-order valence-electron chi connectivity index (χ0n) is 23.7. The lowest BCUT2D eigenvalue weighted by Crippen LogP contribution is -2.43. The lowest BCUT2D eigenvalue weighted by Gasteiger charge is -2.42. The Morgan fingerprint density at radius 2 is 2.03 bits per heavy atom. The van der Waals surface area contributed by atoms with Gasteiger partial charge in [0.05, 0.1) is 24.0 Å². The van der Waals surface area contributed by atoms with Crippen molar-refractivity contribution in [3.63, 3.8) is 0 Å². The Hall–Kier alpha value is -2.50. The van der Waals surface area contributed by atoms with Crippen molar-refractivity contribution < 1.29 is 19.4 Å². The van der Waals surface area contributed by atoms with Gasteiger partial charge in [-0.3, -0.25) is 0 Å². The van der Waals surface area contributed by atoms with E-state index in [4.69, 9.17) is 21.1 Å². The fourth-order valence-electron chi connectivity index (χ4n) is 5.49. The number of aliphatic hydroxyl groups is 1.